The van der Waals surface area contributed by atoms with Crippen LogP contribution in [0.3, 0.4) is 0 Å². The van der Waals surface area contributed by atoms with Gasteiger partial charge in [-0.25, -0.2) is 4.99 Å². The van der Waals surface area contributed by atoms with Crippen molar-refractivity contribution < 1.29 is 14.2 Å². The van der Waals surface area contributed by atoms with Crippen molar-refractivity contribution in [2.75, 3.05) is 32.7 Å². The van der Waals surface area contributed by atoms with Gasteiger partial charge in [0.2, 0.25) is 0 Å². The predicted molar refractivity (Wildman–Crippen MR) is 96.6 cm³/mol. The lowest BCUT2D eigenvalue weighted by molar-refractivity contribution is 0.329. The van der Waals surface area contributed by atoms with E-state index in [2.05, 4.69) is 10.3 Å². The van der Waals surface area contributed by atoms with Crippen molar-refractivity contribution in [3.63, 3.8) is 0 Å². The van der Waals surface area contributed by atoms with Gasteiger partial charge in [0.25, 0.3) is 0 Å². The minimum absolute atomic E-state index is 0.282. The van der Waals surface area contributed by atoms with Gasteiger partial charge in [-0.3, -0.25) is 0 Å². The van der Waals surface area contributed by atoms with E-state index in [0.29, 0.717) is 35.4 Å². The molecule has 24 heavy (non-hydrogen) atoms. The molecule has 0 fully saturated rings. The number of ether oxygens (including phenoxy) is 3. The Morgan fingerprint density at radius 2 is 1.83 bits per heavy atom. The number of nitrogens with one attached hydrogen (secondary N) is 1. The number of nitrogens with two attached hydrogens (primary N) is 1. The molecule has 3 N–H and O–H groups in total. The molecule has 0 aromatic heterocycles. The molecule has 0 saturated carbocycles. The van der Waals surface area contributed by atoms with Crippen LogP contribution in [0.4, 0.5) is 5.69 Å². The normalized spacial score (nSPS) is 11.0. The Hall–Kier alpha value is -2.60. The van der Waals surface area contributed by atoms with Crippen molar-refractivity contribution in [2.45, 2.75) is 0 Å². The molecule has 0 saturated heterocycles. The van der Waals surface area contributed by atoms with Gasteiger partial charge in [0.05, 0.1) is 25.8 Å². The van der Waals surface area contributed by atoms with Crippen LogP contribution in [0.25, 0.3) is 0 Å². The summed E-state index contributed by atoms with van der Waals surface area (Å²) in [5, 5.41) is 3.56. The number of aliphatic imine (C=N–C) groups is 1. The summed E-state index contributed by atoms with van der Waals surface area (Å²) in [7, 11) is 3.16. The van der Waals surface area contributed by atoms with E-state index in [1.165, 1.54) is 0 Å². The predicted octanol–water partition coefficient (Wildman–Crippen LogP) is 3.16. The molecule has 7 heteroatoms. The summed E-state index contributed by atoms with van der Waals surface area (Å²) in [6.07, 6.45) is 0. The van der Waals surface area contributed by atoms with Gasteiger partial charge in [0, 0.05) is 11.8 Å². The van der Waals surface area contributed by atoms with Crippen molar-refractivity contribution in [2.24, 2.45) is 10.7 Å². The number of hydrogen-bond acceptors (Lipinski definition) is 4. The fourth-order valence-electron chi connectivity index (χ4n) is 1.98. The maximum absolute atomic E-state index is 6.01. The number of hydrogen-bond donors (Lipinski definition) is 2. The lowest BCUT2D eigenvalue weighted by atomic mass is 10.3. The molecule has 0 atom stereocenters. The molecule has 0 spiro atoms. The Morgan fingerprint density at radius 3 is 2.54 bits per heavy atom. The van der Waals surface area contributed by atoms with Crippen LogP contribution in [0.15, 0.2) is 47.5 Å². The summed E-state index contributed by atoms with van der Waals surface area (Å²) in [5.41, 5.74) is 6.61. The van der Waals surface area contributed by atoms with Crippen LogP contribution in [0.2, 0.25) is 5.02 Å². The van der Waals surface area contributed by atoms with Gasteiger partial charge in [-0.1, -0.05) is 23.7 Å². The van der Waals surface area contributed by atoms with Crippen LogP contribution in [0.1, 0.15) is 0 Å². The summed E-state index contributed by atoms with van der Waals surface area (Å²) in [6.45, 7) is 0.773. The number of methoxy groups -OCH3 is 2. The van der Waals surface area contributed by atoms with Gasteiger partial charge in [0.15, 0.2) is 17.5 Å². The second kappa shape index (κ2) is 8.88. The Bertz CT molecular complexity index is 707. The molecule has 6 nitrogen and oxygen atoms in total. The zero-order valence-electron chi connectivity index (χ0n) is 13.6. The van der Waals surface area contributed by atoms with Gasteiger partial charge < -0.3 is 25.3 Å². The highest BCUT2D eigenvalue weighted by molar-refractivity contribution is 6.32. The van der Waals surface area contributed by atoms with Gasteiger partial charge >= 0.3 is 0 Å². The number of anilines is 1. The monoisotopic (exact) mass is 349 g/mol. The van der Waals surface area contributed by atoms with E-state index in [1.807, 2.05) is 18.2 Å². The highest BCUT2D eigenvalue weighted by atomic mass is 35.5. The molecule has 0 aliphatic heterocycles. The topological polar surface area (TPSA) is 78.1 Å². The Morgan fingerprint density at radius 1 is 1.08 bits per heavy atom. The van der Waals surface area contributed by atoms with Gasteiger partial charge in [-0.2, -0.15) is 0 Å². The molecule has 2 rings (SSSR count). The molecule has 0 aliphatic rings. The number of guanidine groups is 1. The lowest BCUT2D eigenvalue weighted by Crippen LogP contribution is -2.23. The summed E-state index contributed by atoms with van der Waals surface area (Å²) >= 11 is 6.01. The first kappa shape index (κ1) is 17.7. The number of rotatable bonds is 7. The molecule has 0 amide bonds. The van der Waals surface area contributed by atoms with E-state index < -0.39 is 0 Å². The largest absolute Gasteiger partial charge is 0.493 e. The quantitative estimate of drug-likeness (QED) is 0.456. The molecule has 2 aromatic carbocycles. The SMILES string of the molecule is COc1ccc(NC(N)=NCCOc2ccccc2Cl)cc1OC. The molecular weight excluding hydrogens is 330 g/mol. The Labute approximate surface area is 146 Å². The third kappa shape index (κ3) is 4.96. The molecule has 128 valence electrons. The minimum Gasteiger partial charge on any atom is -0.493 e. The second-order valence-electron chi connectivity index (χ2n) is 4.74. The first-order chi connectivity index (χ1) is 11.6. The van der Waals surface area contributed by atoms with Crippen molar-refractivity contribution in [1.29, 1.82) is 0 Å². The number of nitrogens with zero attached hydrogens (tertiary/aromatic N) is 1. The van der Waals surface area contributed by atoms with Crippen LogP contribution < -0.4 is 25.3 Å². The molecular formula is C17H20ClN3O3. The van der Waals surface area contributed by atoms with E-state index in [1.54, 1.807) is 38.5 Å². The zero-order chi connectivity index (χ0) is 17.4. The highest BCUT2D eigenvalue weighted by Gasteiger charge is 2.05. The molecule has 0 bridgehead atoms. The smallest absolute Gasteiger partial charge is 0.193 e. The van der Waals surface area contributed by atoms with Crippen molar-refractivity contribution >= 4 is 23.2 Å². The fraction of sp³-hybridized carbons (Fsp3) is 0.235. The Kier molecular flexibility index (Phi) is 6.57. The van der Waals surface area contributed by atoms with Crippen LogP contribution in [-0.4, -0.2) is 33.3 Å². The van der Waals surface area contributed by atoms with Crippen LogP contribution in [0.5, 0.6) is 17.2 Å². The average molecular weight is 350 g/mol. The molecule has 0 unspecified atom stereocenters. The minimum atomic E-state index is 0.282. The standard InChI is InChI=1S/C17H20ClN3O3/c1-22-15-8-7-12(11-16(15)23-2)21-17(19)20-9-10-24-14-6-4-3-5-13(14)18/h3-8,11H,9-10H2,1-2H3,(H3,19,20,21). The third-order valence-corrected chi connectivity index (χ3v) is 3.44. The Balaban J connectivity index is 1.87. The average Bonchev–Trinajstić information content (AvgIpc) is 2.60. The second-order valence-corrected chi connectivity index (χ2v) is 5.15. The van der Waals surface area contributed by atoms with Crippen molar-refractivity contribution in [3.05, 3.63) is 47.5 Å². The zero-order valence-corrected chi connectivity index (χ0v) is 14.3. The maximum atomic E-state index is 6.01. The van der Waals surface area contributed by atoms with Crippen LogP contribution in [0, 0.1) is 0 Å². The third-order valence-electron chi connectivity index (χ3n) is 3.12. The summed E-state index contributed by atoms with van der Waals surface area (Å²) in [5.74, 6) is 2.16. The van der Waals surface area contributed by atoms with Gasteiger partial charge in [-0.15, -0.1) is 0 Å². The van der Waals surface area contributed by atoms with E-state index in [-0.39, 0.29) is 5.96 Å². The van der Waals surface area contributed by atoms with E-state index >= 15 is 0 Å². The molecule has 0 heterocycles. The van der Waals surface area contributed by atoms with Gasteiger partial charge in [0.1, 0.15) is 12.4 Å². The van der Waals surface area contributed by atoms with Crippen molar-refractivity contribution in [3.8, 4) is 17.2 Å². The lowest BCUT2D eigenvalue weighted by Gasteiger charge is -2.11. The number of halogens is 1. The molecule has 2 aromatic rings. The highest BCUT2D eigenvalue weighted by Crippen LogP contribution is 2.29. The van der Waals surface area contributed by atoms with Gasteiger partial charge in [-0.05, 0) is 24.3 Å². The molecule has 0 aliphatic carbocycles. The summed E-state index contributed by atoms with van der Waals surface area (Å²) in [6, 6.07) is 12.7. The first-order valence-electron chi connectivity index (χ1n) is 7.30. The summed E-state index contributed by atoms with van der Waals surface area (Å²) < 4.78 is 16.0. The molecule has 0 radical (unpaired) electrons. The number of para-hydroxylation sites is 1. The fourth-order valence-corrected chi connectivity index (χ4v) is 2.18. The first-order valence-corrected chi connectivity index (χ1v) is 7.68. The number of benzene rings is 2. The summed E-state index contributed by atoms with van der Waals surface area (Å²) in [4.78, 5) is 4.21. The van der Waals surface area contributed by atoms with Crippen molar-refractivity contribution in [1.82, 2.24) is 0 Å². The van der Waals surface area contributed by atoms with E-state index in [0.717, 1.165) is 5.69 Å². The maximum Gasteiger partial charge on any atom is 0.193 e. The van der Waals surface area contributed by atoms with E-state index in [4.69, 9.17) is 31.5 Å². The van der Waals surface area contributed by atoms with Crippen LogP contribution in [-0.2, 0) is 0 Å². The van der Waals surface area contributed by atoms with Crippen LogP contribution >= 0.6 is 11.6 Å². The van der Waals surface area contributed by atoms with E-state index in [9.17, 15) is 0 Å².